The van der Waals surface area contributed by atoms with Crippen molar-refractivity contribution in [2.24, 2.45) is 9.98 Å². The summed E-state index contributed by atoms with van der Waals surface area (Å²) >= 11 is 0. The number of fused-ring (bicyclic) bond motifs is 1. The third-order valence-electron chi connectivity index (χ3n) is 4.81. The minimum atomic E-state index is -0.287. The number of rotatable bonds is 5. The molecule has 7 nitrogen and oxygen atoms in total. The highest BCUT2D eigenvalue weighted by molar-refractivity contribution is 6.33. The van der Waals surface area contributed by atoms with Crippen LogP contribution in [-0.2, 0) is 6.54 Å². The largest absolute Gasteiger partial charge is 0.346 e. The second-order valence-electron chi connectivity index (χ2n) is 7.00. The van der Waals surface area contributed by atoms with E-state index in [4.69, 9.17) is 0 Å². The zero-order chi connectivity index (χ0) is 20.4. The van der Waals surface area contributed by atoms with E-state index in [1.165, 1.54) is 0 Å². The highest BCUT2D eigenvalue weighted by Gasteiger charge is 2.15. The first-order valence-corrected chi connectivity index (χ1v) is 9.44. The van der Waals surface area contributed by atoms with Crippen molar-refractivity contribution in [1.29, 1.82) is 0 Å². The van der Waals surface area contributed by atoms with Crippen LogP contribution in [0.25, 0.3) is 10.9 Å². The zero-order valence-electron chi connectivity index (χ0n) is 16.3. The molecular weight excluding hydrogens is 366 g/mol. The number of nitrogens with zero attached hydrogens (tertiary/aromatic N) is 4. The van der Waals surface area contributed by atoms with Crippen LogP contribution in [-0.4, -0.2) is 40.1 Å². The minimum absolute atomic E-state index is 0.103. The third kappa shape index (κ3) is 3.99. The highest BCUT2D eigenvalue weighted by atomic mass is 16.1. The van der Waals surface area contributed by atoms with Crippen molar-refractivity contribution in [3.63, 3.8) is 0 Å². The Morgan fingerprint density at radius 3 is 2.72 bits per heavy atom. The van der Waals surface area contributed by atoms with Crippen LogP contribution >= 0.6 is 0 Å². The molecule has 1 aliphatic heterocycles. The maximum absolute atomic E-state index is 13.0. The van der Waals surface area contributed by atoms with E-state index in [1.54, 1.807) is 36.0 Å². The Morgan fingerprint density at radius 2 is 2.00 bits per heavy atom. The average molecular weight is 387 g/mol. The number of aromatic nitrogens is 2. The predicted octanol–water partition coefficient (Wildman–Crippen LogP) is 2.35. The Morgan fingerprint density at radius 1 is 1.21 bits per heavy atom. The average Bonchev–Trinajstić information content (AvgIpc) is 3.14. The van der Waals surface area contributed by atoms with E-state index in [-0.39, 0.29) is 24.2 Å². The first kappa shape index (κ1) is 18.7. The minimum Gasteiger partial charge on any atom is -0.346 e. The molecule has 3 heterocycles. The van der Waals surface area contributed by atoms with Crippen molar-refractivity contribution < 1.29 is 4.79 Å². The normalized spacial score (nSPS) is 15.5. The number of carbonyl (C=O) groups is 1. The van der Waals surface area contributed by atoms with E-state index in [0.717, 1.165) is 11.3 Å². The molecule has 0 bridgehead atoms. The molecule has 1 atom stereocenters. The van der Waals surface area contributed by atoms with Gasteiger partial charge in [-0.05, 0) is 31.5 Å². The molecule has 29 heavy (non-hydrogen) atoms. The molecule has 1 N–H and O–H groups in total. The van der Waals surface area contributed by atoms with Crippen LogP contribution in [0.15, 0.2) is 63.4 Å². The van der Waals surface area contributed by atoms with Gasteiger partial charge in [-0.2, -0.15) is 0 Å². The van der Waals surface area contributed by atoms with Crippen molar-refractivity contribution in [3.8, 4) is 0 Å². The van der Waals surface area contributed by atoms with Crippen LogP contribution in [0, 0.1) is 6.92 Å². The summed E-state index contributed by atoms with van der Waals surface area (Å²) in [6.45, 7) is 4.39. The number of aliphatic imine (C=N–C) groups is 2. The molecule has 0 radical (unpaired) electrons. The molecule has 1 amide bonds. The van der Waals surface area contributed by atoms with Gasteiger partial charge in [-0.25, -0.2) is 0 Å². The first-order valence-electron chi connectivity index (χ1n) is 9.44. The molecule has 0 aliphatic carbocycles. The van der Waals surface area contributed by atoms with E-state index in [2.05, 4.69) is 20.3 Å². The molecule has 1 aromatic carbocycles. The van der Waals surface area contributed by atoms with Gasteiger partial charge in [0.15, 0.2) is 0 Å². The zero-order valence-corrected chi connectivity index (χ0v) is 16.3. The van der Waals surface area contributed by atoms with Gasteiger partial charge in [0.1, 0.15) is 6.17 Å². The van der Waals surface area contributed by atoms with Crippen molar-refractivity contribution >= 4 is 28.7 Å². The quantitative estimate of drug-likeness (QED) is 0.729. The second kappa shape index (κ2) is 7.79. The molecule has 1 unspecified atom stereocenters. The van der Waals surface area contributed by atoms with E-state index in [0.29, 0.717) is 28.7 Å². The van der Waals surface area contributed by atoms with Crippen LogP contribution in [0.4, 0.5) is 0 Å². The van der Waals surface area contributed by atoms with Crippen molar-refractivity contribution in [2.75, 3.05) is 6.54 Å². The number of nitrogens with one attached hydrogen (secondary N) is 1. The SMILES string of the molecule is Cc1nc2ccn(Cc3ccccc3)c(=O)c2cc1C(=O)NCC1=NC(C)N=C1. The maximum Gasteiger partial charge on any atom is 0.260 e. The monoisotopic (exact) mass is 387 g/mol. The van der Waals surface area contributed by atoms with Crippen LogP contribution < -0.4 is 10.9 Å². The fourth-order valence-corrected chi connectivity index (χ4v) is 3.30. The number of hydrogen-bond acceptors (Lipinski definition) is 5. The molecule has 4 rings (SSSR count). The van der Waals surface area contributed by atoms with Gasteiger partial charge < -0.3 is 9.88 Å². The van der Waals surface area contributed by atoms with Gasteiger partial charge in [0.2, 0.25) is 0 Å². The Labute approximate surface area is 167 Å². The summed E-state index contributed by atoms with van der Waals surface area (Å²) in [6.07, 6.45) is 3.30. The lowest BCUT2D eigenvalue weighted by Crippen LogP contribution is -2.30. The lowest BCUT2D eigenvalue weighted by Gasteiger charge is -2.10. The van der Waals surface area contributed by atoms with Crippen LogP contribution in [0.1, 0.15) is 28.5 Å². The van der Waals surface area contributed by atoms with Crippen LogP contribution in [0.3, 0.4) is 0 Å². The van der Waals surface area contributed by atoms with Gasteiger partial charge in [0.05, 0.1) is 41.0 Å². The Hall–Kier alpha value is -3.61. The van der Waals surface area contributed by atoms with E-state index in [1.807, 2.05) is 37.3 Å². The molecule has 0 saturated heterocycles. The van der Waals surface area contributed by atoms with E-state index in [9.17, 15) is 9.59 Å². The summed E-state index contributed by atoms with van der Waals surface area (Å²) in [5.41, 5.74) is 3.12. The molecule has 0 spiro atoms. The standard InChI is InChI=1S/C22H21N5O2/c1-14-18(21(28)24-12-17-11-23-15(2)26-17)10-19-20(25-14)8-9-27(22(19)29)13-16-6-4-3-5-7-16/h3-11,15H,12-13H2,1-2H3,(H,24,28). The molecule has 146 valence electrons. The summed E-state index contributed by atoms with van der Waals surface area (Å²) in [5.74, 6) is -0.287. The van der Waals surface area contributed by atoms with Gasteiger partial charge >= 0.3 is 0 Å². The van der Waals surface area contributed by atoms with E-state index >= 15 is 0 Å². The number of carbonyl (C=O) groups excluding carboxylic acids is 1. The molecular formula is C22H21N5O2. The molecule has 1 aliphatic rings. The molecule has 0 fully saturated rings. The topological polar surface area (TPSA) is 88.7 Å². The van der Waals surface area contributed by atoms with Crippen molar-refractivity contribution in [2.45, 2.75) is 26.6 Å². The molecule has 7 heteroatoms. The van der Waals surface area contributed by atoms with E-state index < -0.39 is 0 Å². The number of aryl methyl sites for hydroxylation is 1. The van der Waals surface area contributed by atoms with Crippen LogP contribution in [0.5, 0.6) is 0 Å². The first-order chi connectivity index (χ1) is 14.0. The van der Waals surface area contributed by atoms with Crippen molar-refractivity contribution in [3.05, 3.63) is 75.8 Å². The fourth-order valence-electron chi connectivity index (χ4n) is 3.30. The molecule has 0 saturated carbocycles. The number of benzene rings is 1. The number of amides is 1. The maximum atomic E-state index is 13.0. The lowest BCUT2D eigenvalue weighted by molar-refractivity contribution is 0.0958. The Balaban J connectivity index is 1.63. The summed E-state index contributed by atoms with van der Waals surface area (Å²) in [5, 5.41) is 3.25. The lowest BCUT2D eigenvalue weighted by atomic mass is 10.1. The Kier molecular flexibility index (Phi) is 5.03. The summed E-state index contributed by atoms with van der Waals surface area (Å²) < 4.78 is 1.63. The smallest absolute Gasteiger partial charge is 0.260 e. The number of pyridine rings is 2. The fraction of sp³-hybridized carbons (Fsp3) is 0.227. The van der Waals surface area contributed by atoms with Gasteiger partial charge in [-0.3, -0.25) is 24.6 Å². The predicted molar refractivity (Wildman–Crippen MR) is 114 cm³/mol. The Bertz CT molecular complexity index is 1200. The summed E-state index contributed by atoms with van der Waals surface area (Å²) in [7, 11) is 0. The highest BCUT2D eigenvalue weighted by Crippen LogP contribution is 2.14. The molecule has 2 aromatic heterocycles. The summed E-state index contributed by atoms with van der Waals surface area (Å²) in [4.78, 5) is 38.6. The number of hydrogen-bond donors (Lipinski definition) is 1. The van der Waals surface area contributed by atoms with Gasteiger partial charge in [0, 0.05) is 12.4 Å². The van der Waals surface area contributed by atoms with Crippen molar-refractivity contribution in [1.82, 2.24) is 14.9 Å². The molecule has 3 aromatic rings. The van der Waals surface area contributed by atoms with Gasteiger partial charge in [0.25, 0.3) is 11.5 Å². The summed E-state index contributed by atoms with van der Waals surface area (Å²) in [6, 6.07) is 13.2. The van der Waals surface area contributed by atoms with Gasteiger partial charge in [-0.1, -0.05) is 30.3 Å². The third-order valence-corrected chi connectivity index (χ3v) is 4.81. The second-order valence-corrected chi connectivity index (χ2v) is 7.00. The van der Waals surface area contributed by atoms with Gasteiger partial charge in [-0.15, -0.1) is 0 Å². The van der Waals surface area contributed by atoms with Crippen LogP contribution in [0.2, 0.25) is 0 Å².